The van der Waals surface area contributed by atoms with E-state index in [0.717, 1.165) is 25.1 Å². The minimum absolute atomic E-state index is 0.0185. The second-order valence-corrected chi connectivity index (χ2v) is 4.19. The van der Waals surface area contributed by atoms with Crippen LogP contribution in [0.25, 0.3) is 0 Å². The molecule has 1 aliphatic rings. The van der Waals surface area contributed by atoms with Crippen LogP contribution in [-0.2, 0) is 17.9 Å². The number of carbonyl (C=O) groups excluding carboxylic acids is 1. The Bertz CT molecular complexity index is 374. The van der Waals surface area contributed by atoms with Gasteiger partial charge in [-0.2, -0.15) is 5.10 Å². The van der Waals surface area contributed by atoms with Crippen LogP contribution in [0.3, 0.4) is 0 Å². The summed E-state index contributed by atoms with van der Waals surface area (Å²) in [6.45, 7) is 4.50. The molecule has 1 N–H and O–H groups in total. The molecule has 2 rings (SSSR count). The fourth-order valence-corrected chi connectivity index (χ4v) is 1.92. The largest absolute Gasteiger partial charge is 0.344 e. The highest BCUT2D eigenvalue weighted by Gasteiger charge is 2.28. The second-order valence-electron chi connectivity index (χ2n) is 4.19. The third-order valence-electron chi connectivity index (χ3n) is 2.99. The zero-order valence-corrected chi connectivity index (χ0v) is 9.81. The number of rotatable bonds is 4. The molecule has 88 valence electrons. The highest BCUT2D eigenvalue weighted by atomic mass is 16.2. The van der Waals surface area contributed by atoms with Crippen molar-refractivity contribution >= 4 is 5.91 Å². The van der Waals surface area contributed by atoms with Gasteiger partial charge >= 0.3 is 0 Å². The van der Waals surface area contributed by atoms with Gasteiger partial charge in [0.05, 0.1) is 12.2 Å². The second kappa shape index (κ2) is 4.65. The Balaban J connectivity index is 1.85. The van der Waals surface area contributed by atoms with E-state index in [1.165, 1.54) is 0 Å². The summed E-state index contributed by atoms with van der Waals surface area (Å²) in [4.78, 5) is 13.4. The summed E-state index contributed by atoms with van der Waals surface area (Å²) in [6.07, 6.45) is 4.76. The van der Waals surface area contributed by atoms with Gasteiger partial charge < -0.3 is 10.2 Å². The van der Waals surface area contributed by atoms with Gasteiger partial charge in [-0.05, 0) is 13.3 Å². The summed E-state index contributed by atoms with van der Waals surface area (Å²) < 4.78 is 1.89. The van der Waals surface area contributed by atoms with Crippen molar-refractivity contribution < 1.29 is 4.79 Å². The number of likely N-dealkylation sites (N-methyl/N-ethyl adjacent to an activating group) is 1. The Morgan fingerprint density at radius 1 is 1.62 bits per heavy atom. The van der Waals surface area contributed by atoms with Crippen molar-refractivity contribution in [3.63, 3.8) is 0 Å². The molecule has 1 saturated heterocycles. The van der Waals surface area contributed by atoms with E-state index in [1.54, 1.807) is 4.90 Å². The van der Waals surface area contributed by atoms with Crippen molar-refractivity contribution in [2.24, 2.45) is 0 Å². The average Bonchev–Trinajstić information content (AvgIpc) is 2.86. The SMILES string of the molecule is CCn1cc(CNC2CCN(C)C2=O)cn1. The molecule has 16 heavy (non-hydrogen) atoms. The van der Waals surface area contributed by atoms with Crippen LogP contribution in [0.4, 0.5) is 0 Å². The van der Waals surface area contributed by atoms with Gasteiger partial charge in [-0.15, -0.1) is 0 Å². The number of amides is 1. The van der Waals surface area contributed by atoms with Crippen LogP contribution < -0.4 is 5.32 Å². The van der Waals surface area contributed by atoms with Gasteiger partial charge in [0.15, 0.2) is 0 Å². The van der Waals surface area contributed by atoms with Crippen LogP contribution in [0.1, 0.15) is 18.9 Å². The van der Waals surface area contributed by atoms with E-state index in [1.807, 2.05) is 24.1 Å². The van der Waals surface area contributed by atoms with Crippen molar-refractivity contribution in [1.29, 1.82) is 0 Å². The number of hydrogen-bond acceptors (Lipinski definition) is 3. The van der Waals surface area contributed by atoms with Crippen molar-refractivity contribution in [1.82, 2.24) is 20.0 Å². The molecule has 1 amide bonds. The van der Waals surface area contributed by atoms with Crippen molar-refractivity contribution in [2.45, 2.75) is 32.5 Å². The molecule has 0 aliphatic carbocycles. The minimum Gasteiger partial charge on any atom is -0.344 e. The third kappa shape index (κ3) is 2.24. The Morgan fingerprint density at radius 3 is 3.00 bits per heavy atom. The van der Waals surface area contributed by atoms with Crippen LogP contribution in [0, 0.1) is 0 Å². The maximum absolute atomic E-state index is 11.6. The van der Waals surface area contributed by atoms with E-state index in [-0.39, 0.29) is 11.9 Å². The van der Waals surface area contributed by atoms with E-state index >= 15 is 0 Å². The molecule has 1 aromatic rings. The average molecular weight is 222 g/mol. The summed E-state index contributed by atoms with van der Waals surface area (Å²) in [5.74, 6) is 0.197. The molecule has 1 unspecified atom stereocenters. The van der Waals surface area contributed by atoms with Crippen LogP contribution in [0.5, 0.6) is 0 Å². The summed E-state index contributed by atoms with van der Waals surface area (Å²) in [7, 11) is 1.85. The van der Waals surface area contributed by atoms with E-state index in [9.17, 15) is 4.79 Å². The lowest BCUT2D eigenvalue weighted by molar-refractivity contribution is -0.128. The van der Waals surface area contributed by atoms with Crippen LogP contribution in [-0.4, -0.2) is 40.2 Å². The number of carbonyl (C=O) groups is 1. The lowest BCUT2D eigenvalue weighted by atomic mass is 10.2. The molecule has 0 spiro atoms. The van der Waals surface area contributed by atoms with Gasteiger partial charge in [-0.3, -0.25) is 9.48 Å². The quantitative estimate of drug-likeness (QED) is 0.793. The number of nitrogens with zero attached hydrogens (tertiary/aromatic N) is 3. The highest BCUT2D eigenvalue weighted by Crippen LogP contribution is 2.09. The van der Waals surface area contributed by atoms with E-state index < -0.39 is 0 Å². The lowest BCUT2D eigenvalue weighted by Crippen LogP contribution is -2.36. The Kier molecular flexibility index (Phi) is 3.24. The van der Waals surface area contributed by atoms with E-state index in [2.05, 4.69) is 17.3 Å². The predicted octanol–water partition coefficient (Wildman–Crippen LogP) is 0.223. The summed E-state index contributed by atoms with van der Waals surface area (Å²) in [5, 5.41) is 7.47. The monoisotopic (exact) mass is 222 g/mol. The van der Waals surface area contributed by atoms with Gasteiger partial charge in [0.1, 0.15) is 0 Å². The Labute approximate surface area is 95.4 Å². The molecule has 0 aromatic carbocycles. The van der Waals surface area contributed by atoms with Gasteiger partial charge in [-0.1, -0.05) is 0 Å². The molecule has 0 saturated carbocycles. The highest BCUT2D eigenvalue weighted by molar-refractivity contribution is 5.83. The predicted molar refractivity (Wildman–Crippen MR) is 60.8 cm³/mol. The summed E-state index contributed by atoms with van der Waals surface area (Å²) in [6, 6.07) is -0.0185. The van der Waals surface area contributed by atoms with Crippen molar-refractivity contribution in [2.75, 3.05) is 13.6 Å². The van der Waals surface area contributed by atoms with Crippen LogP contribution in [0.2, 0.25) is 0 Å². The van der Waals surface area contributed by atoms with Gasteiger partial charge in [-0.25, -0.2) is 0 Å². The standard InChI is InChI=1S/C11H18N4O/c1-3-15-8-9(7-13-15)6-12-10-4-5-14(2)11(10)16/h7-8,10,12H,3-6H2,1-2H3. The van der Waals surface area contributed by atoms with Gasteiger partial charge in [0.25, 0.3) is 0 Å². The Hall–Kier alpha value is -1.36. The summed E-state index contributed by atoms with van der Waals surface area (Å²) in [5.41, 5.74) is 1.13. The van der Waals surface area contributed by atoms with E-state index in [0.29, 0.717) is 6.54 Å². The molecule has 1 fully saturated rings. The lowest BCUT2D eigenvalue weighted by Gasteiger charge is -2.11. The minimum atomic E-state index is -0.0185. The first-order valence-electron chi connectivity index (χ1n) is 5.70. The maximum atomic E-state index is 11.6. The fourth-order valence-electron chi connectivity index (χ4n) is 1.92. The molecule has 1 atom stereocenters. The molecular formula is C11H18N4O. The first-order chi connectivity index (χ1) is 7.70. The van der Waals surface area contributed by atoms with E-state index in [4.69, 9.17) is 0 Å². The topological polar surface area (TPSA) is 50.2 Å². The number of aryl methyl sites for hydroxylation is 1. The maximum Gasteiger partial charge on any atom is 0.239 e. The number of likely N-dealkylation sites (tertiary alicyclic amines) is 1. The number of nitrogens with one attached hydrogen (secondary N) is 1. The van der Waals surface area contributed by atoms with Crippen LogP contribution >= 0.6 is 0 Å². The molecule has 2 heterocycles. The number of aromatic nitrogens is 2. The van der Waals surface area contributed by atoms with Gasteiger partial charge in [0.2, 0.25) is 5.91 Å². The molecule has 5 nitrogen and oxygen atoms in total. The zero-order chi connectivity index (χ0) is 11.5. The number of hydrogen-bond donors (Lipinski definition) is 1. The van der Waals surface area contributed by atoms with Gasteiger partial charge in [0, 0.05) is 38.4 Å². The normalized spacial score (nSPS) is 20.8. The third-order valence-corrected chi connectivity index (χ3v) is 2.99. The first kappa shape index (κ1) is 11.1. The molecule has 1 aliphatic heterocycles. The van der Waals surface area contributed by atoms with Crippen LogP contribution in [0.15, 0.2) is 12.4 Å². The Morgan fingerprint density at radius 2 is 2.44 bits per heavy atom. The molecular weight excluding hydrogens is 204 g/mol. The molecule has 0 bridgehead atoms. The zero-order valence-electron chi connectivity index (χ0n) is 9.81. The molecule has 0 radical (unpaired) electrons. The first-order valence-corrected chi connectivity index (χ1v) is 5.70. The molecule has 1 aromatic heterocycles. The smallest absolute Gasteiger partial charge is 0.239 e. The molecule has 5 heteroatoms. The van der Waals surface area contributed by atoms with Crippen molar-refractivity contribution in [3.8, 4) is 0 Å². The fraction of sp³-hybridized carbons (Fsp3) is 0.636. The van der Waals surface area contributed by atoms with Crippen molar-refractivity contribution in [3.05, 3.63) is 18.0 Å². The summed E-state index contributed by atoms with van der Waals surface area (Å²) >= 11 is 0.